The highest BCUT2D eigenvalue weighted by molar-refractivity contribution is 6.12. The summed E-state index contributed by atoms with van der Waals surface area (Å²) in [5, 5.41) is 2.89. The van der Waals surface area contributed by atoms with Gasteiger partial charge in [-0.3, -0.25) is 19.1 Å². The van der Waals surface area contributed by atoms with E-state index in [0.29, 0.717) is 24.6 Å². The number of methoxy groups -OCH3 is 1. The molecule has 0 aliphatic heterocycles. The number of amides is 1. The third-order valence-corrected chi connectivity index (χ3v) is 3.56. The van der Waals surface area contributed by atoms with E-state index in [-0.39, 0.29) is 22.2 Å². The fourth-order valence-corrected chi connectivity index (χ4v) is 2.39. The van der Waals surface area contributed by atoms with E-state index in [4.69, 9.17) is 9.15 Å². The van der Waals surface area contributed by atoms with Gasteiger partial charge >= 0.3 is 0 Å². The van der Waals surface area contributed by atoms with Crippen molar-refractivity contribution in [1.29, 1.82) is 0 Å². The summed E-state index contributed by atoms with van der Waals surface area (Å²) in [5.41, 5.74) is 0.568. The Morgan fingerprint density at radius 3 is 2.83 bits per heavy atom. The number of carbonyl (C=O) groups is 1. The van der Waals surface area contributed by atoms with E-state index in [1.54, 1.807) is 38.6 Å². The zero-order chi connectivity index (χ0) is 17.1. The molecule has 0 saturated carbocycles. The van der Waals surface area contributed by atoms with Gasteiger partial charge in [0.25, 0.3) is 11.5 Å². The largest absolute Gasteiger partial charge is 0.442 e. The van der Waals surface area contributed by atoms with Crippen molar-refractivity contribution in [2.75, 3.05) is 19.0 Å². The molecule has 0 aliphatic carbocycles. The molecular weight excluding hydrogens is 312 g/mol. The zero-order valence-corrected chi connectivity index (χ0v) is 13.3. The summed E-state index contributed by atoms with van der Waals surface area (Å²) < 4.78 is 11.8. The summed E-state index contributed by atoms with van der Waals surface area (Å²) in [4.78, 5) is 33.2. The third-order valence-electron chi connectivity index (χ3n) is 3.56. The van der Waals surface area contributed by atoms with Crippen molar-refractivity contribution in [2.24, 2.45) is 0 Å². The van der Waals surface area contributed by atoms with Crippen LogP contribution in [-0.2, 0) is 11.3 Å². The van der Waals surface area contributed by atoms with E-state index in [0.717, 1.165) is 0 Å². The van der Waals surface area contributed by atoms with E-state index in [1.807, 2.05) is 0 Å². The highest BCUT2D eigenvalue weighted by atomic mass is 16.5. The van der Waals surface area contributed by atoms with Gasteiger partial charge in [-0.1, -0.05) is 0 Å². The maximum atomic E-state index is 12.6. The van der Waals surface area contributed by atoms with Gasteiger partial charge in [0.15, 0.2) is 0 Å². The minimum atomic E-state index is -0.430. The zero-order valence-electron chi connectivity index (χ0n) is 13.3. The molecule has 3 aromatic rings. The lowest BCUT2D eigenvalue weighted by Gasteiger charge is -2.05. The second kappa shape index (κ2) is 6.63. The summed E-state index contributed by atoms with van der Waals surface area (Å²) in [6, 6.07) is 3.31. The Bertz CT molecular complexity index is 930. The number of hydrogen-bond acceptors (Lipinski definition) is 6. The summed E-state index contributed by atoms with van der Waals surface area (Å²) in [7, 11) is 1.55. The fraction of sp³-hybridized carbons (Fsp3) is 0.250. The van der Waals surface area contributed by atoms with Crippen LogP contribution in [0.4, 0.5) is 5.69 Å². The molecule has 1 amide bonds. The molecule has 3 heterocycles. The van der Waals surface area contributed by atoms with E-state index in [1.165, 1.54) is 10.9 Å². The number of pyridine rings is 1. The first-order valence-electron chi connectivity index (χ1n) is 7.30. The van der Waals surface area contributed by atoms with Crippen molar-refractivity contribution in [1.82, 2.24) is 14.5 Å². The van der Waals surface area contributed by atoms with Crippen molar-refractivity contribution in [2.45, 2.75) is 13.5 Å². The molecular formula is C16H16N4O4. The maximum absolute atomic E-state index is 12.6. The predicted octanol–water partition coefficient (Wildman–Crippen LogP) is 1.59. The number of hydrogen-bond donors (Lipinski definition) is 1. The molecule has 0 aliphatic rings. The molecule has 0 atom stereocenters. The highest BCUT2D eigenvalue weighted by Gasteiger charge is 2.22. The van der Waals surface area contributed by atoms with Gasteiger partial charge in [-0.15, -0.1) is 0 Å². The summed E-state index contributed by atoms with van der Waals surface area (Å²) in [6.07, 6.45) is 4.52. The Kier molecular flexibility index (Phi) is 4.39. The number of rotatable bonds is 5. The van der Waals surface area contributed by atoms with Crippen LogP contribution in [-0.4, -0.2) is 34.2 Å². The first kappa shape index (κ1) is 15.9. The van der Waals surface area contributed by atoms with E-state index in [2.05, 4.69) is 15.3 Å². The standard InChI is InChI=1S/C16H16N4O4/c1-10-12(14(21)19-11-3-5-17-6-4-11)13-15(24-10)18-9-20(16(13)22)7-8-23-2/h3-6,9H,7-8H2,1-2H3,(H,17,19,21). The molecule has 3 rings (SSSR count). The number of ether oxygens (including phenoxy) is 1. The van der Waals surface area contributed by atoms with Gasteiger partial charge in [0.1, 0.15) is 17.5 Å². The SMILES string of the molecule is COCCn1cnc2oc(C)c(C(=O)Nc3ccncc3)c2c1=O. The van der Waals surface area contributed by atoms with Gasteiger partial charge in [-0.2, -0.15) is 0 Å². The van der Waals surface area contributed by atoms with Crippen molar-refractivity contribution in [3.8, 4) is 0 Å². The molecule has 0 saturated heterocycles. The topological polar surface area (TPSA) is 99.2 Å². The molecule has 124 valence electrons. The van der Waals surface area contributed by atoms with Crippen LogP contribution in [0, 0.1) is 6.92 Å². The second-order valence-corrected chi connectivity index (χ2v) is 5.14. The van der Waals surface area contributed by atoms with Crippen LogP contribution in [0.2, 0.25) is 0 Å². The fourth-order valence-electron chi connectivity index (χ4n) is 2.39. The second-order valence-electron chi connectivity index (χ2n) is 5.14. The molecule has 0 unspecified atom stereocenters. The molecule has 0 radical (unpaired) electrons. The first-order valence-corrected chi connectivity index (χ1v) is 7.30. The van der Waals surface area contributed by atoms with E-state index < -0.39 is 5.91 Å². The quantitative estimate of drug-likeness (QED) is 0.763. The van der Waals surface area contributed by atoms with Gasteiger partial charge in [0.05, 0.1) is 18.7 Å². The lowest BCUT2D eigenvalue weighted by molar-refractivity contribution is 0.102. The summed E-state index contributed by atoms with van der Waals surface area (Å²) >= 11 is 0. The van der Waals surface area contributed by atoms with E-state index in [9.17, 15) is 9.59 Å². The maximum Gasteiger partial charge on any atom is 0.265 e. The van der Waals surface area contributed by atoms with Crippen LogP contribution < -0.4 is 10.9 Å². The van der Waals surface area contributed by atoms with Crippen LogP contribution in [0.3, 0.4) is 0 Å². The van der Waals surface area contributed by atoms with Gasteiger partial charge < -0.3 is 14.5 Å². The van der Waals surface area contributed by atoms with Crippen molar-refractivity contribution in [3.63, 3.8) is 0 Å². The van der Waals surface area contributed by atoms with Crippen LogP contribution >= 0.6 is 0 Å². The predicted molar refractivity (Wildman–Crippen MR) is 87.1 cm³/mol. The average molecular weight is 328 g/mol. The van der Waals surface area contributed by atoms with E-state index >= 15 is 0 Å². The first-order chi connectivity index (χ1) is 11.6. The average Bonchev–Trinajstić information content (AvgIpc) is 2.92. The molecule has 0 spiro atoms. The minimum Gasteiger partial charge on any atom is -0.442 e. The molecule has 0 fully saturated rings. The Hall–Kier alpha value is -3.00. The number of nitrogens with zero attached hydrogens (tertiary/aromatic N) is 3. The van der Waals surface area contributed by atoms with Gasteiger partial charge in [-0.05, 0) is 19.1 Å². The van der Waals surface area contributed by atoms with Gasteiger partial charge in [0.2, 0.25) is 5.71 Å². The van der Waals surface area contributed by atoms with Crippen LogP contribution in [0.25, 0.3) is 11.1 Å². The molecule has 0 bridgehead atoms. The van der Waals surface area contributed by atoms with Gasteiger partial charge in [0, 0.05) is 25.2 Å². The van der Waals surface area contributed by atoms with Crippen LogP contribution in [0.5, 0.6) is 0 Å². The number of furan rings is 1. The van der Waals surface area contributed by atoms with Gasteiger partial charge in [-0.25, -0.2) is 4.98 Å². The number of aryl methyl sites for hydroxylation is 1. The van der Waals surface area contributed by atoms with Crippen LogP contribution in [0.1, 0.15) is 16.1 Å². The number of aromatic nitrogens is 3. The Morgan fingerprint density at radius 1 is 1.38 bits per heavy atom. The highest BCUT2D eigenvalue weighted by Crippen LogP contribution is 2.22. The lowest BCUT2D eigenvalue weighted by atomic mass is 10.1. The smallest absolute Gasteiger partial charge is 0.265 e. The van der Waals surface area contributed by atoms with Crippen molar-refractivity contribution in [3.05, 3.63) is 52.5 Å². The molecule has 8 heteroatoms. The lowest BCUT2D eigenvalue weighted by Crippen LogP contribution is -2.24. The monoisotopic (exact) mass is 328 g/mol. The Balaban J connectivity index is 2.05. The summed E-state index contributed by atoms with van der Waals surface area (Å²) in [5.74, 6) is -0.0912. The van der Waals surface area contributed by atoms with Crippen molar-refractivity contribution < 1.29 is 13.9 Å². The normalized spacial score (nSPS) is 10.9. The van der Waals surface area contributed by atoms with Crippen molar-refractivity contribution >= 4 is 22.7 Å². The number of anilines is 1. The number of fused-ring (bicyclic) bond motifs is 1. The third kappa shape index (κ3) is 2.91. The Morgan fingerprint density at radius 2 is 2.12 bits per heavy atom. The molecule has 3 aromatic heterocycles. The number of carbonyl (C=O) groups excluding carboxylic acids is 1. The molecule has 0 aromatic carbocycles. The minimum absolute atomic E-state index is 0.144. The molecule has 24 heavy (non-hydrogen) atoms. The Labute approximate surface area is 137 Å². The van der Waals surface area contributed by atoms with Crippen LogP contribution in [0.15, 0.2) is 40.1 Å². The molecule has 8 nitrogen and oxygen atoms in total. The molecule has 1 N–H and O–H groups in total. The summed E-state index contributed by atoms with van der Waals surface area (Å²) in [6.45, 7) is 2.33. The number of nitrogens with one attached hydrogen (secondary N) is 1.